The largest absolute Gasteiger partial charge is 0.396 e. The molecular formula is C27H37N3O5. The average molecular weight is 484 g/mol. The fourth-order valence-corrected chi connectivity index (χ4v) is 7.03. The van der Waals surface area contributed by atoms with Crippen LogP contribution in [0.3, 0.4) is 0 Å². The molecule has 1 aromatic rings. The van der Waals surface area contributed by atoms with Crippen molar-refractivity contribution >= 4 is 17.7 Å². The van der Waals surface area contributed by atoms with E-state index in [-0.39, 0.29) is 36.9 Å². The number of hydrogen-bond donors (Lipinski definition) is 3. The molecule has 3 amide bonds. The number of hydrogen-bond acceptors (Lipinski definition) is 5. The van der Waals surface area contributed by atoms with Gasteiger partial charge in [0.25, 0.3) is 0 Å². The van der Waals surface area contributed by atoms with Gasteiger partial charge in [-0.15, -0.1) is 0 Å². The van der Waals surface area contributed by atoms with Gasteiger partial charge in [-0.1, -0.05) is 49.6 Å². The molecule has 35 heavy (non-hydrogen) atoms. The molecular weight excluding hydrogens is 446 g/mol. The Morgan fingerprint density at radius 1 is 1.11 bits per heavy atom. The molecule has 190 valence electrons. The number of carbonyl (C=O) groups is 3. The second-order valence-corrected chi connectivity index (χ2v) is 10.9. The Morgan fingerprint density at radius 3 is 2.57 bits per heavy atom. The second kappa shape index (κ2) is 9.54. The highest BCUT2D eigenvalue weighted by Crippen LogP contribution is 2.63. The quantitative estimate of drug-likeness (QED) is 0.524. The third-order valence-electron chi connectivity index (χ3n) is 8.63. The number of aliphatic hydroxyl groups excluding tert-OH is 1. The van der Waals surface area contributed by atoms with E-state index in [1.54, 1.807) is 4.90 Å². The first-order chi connectivity index (χ1) is 16.9. The molecule has 3 saturated heterocycles. The van der Waals surface area contributed by atoms with Crippen LogP contribution in [0.15, 0.2) is 30.3 Å². The van der Waals surface area contributed by atoms with Crippen LogP contribution in [-0.4, -0.2) is 64.2 Å². The van der Waals surface area contributed by atoms with E-state index in [4.69, 9.17) is 4.74 Å². The summed E-state index contributed by atoms with van der Waals surface area (Å²) in [5.41, 5.74) is -0.806. The van der Waals surface area contributed by atoms with Gasteiger partial charge in [0.1, 0.15) is 11.6 Å². The maximum absolute atomic E-state index is 13.8. The summed E-state index contributed by atoms with van der Waals surface area (Å²) < 4.78 is 6.61. The summed E-state index contributed by atoms with van der Waals surface area (Å²) in [5, 5.41) is 15.7. The van der Waals surface area contributed by atoms with Crippen LogP contribution in [-0.2, 0) is 25.7 Å². The molecule has 5 atom stereocenters. The van der Waals surface area contributed by atoms with Crippen molar-refractivity contribution < 1.29 is 24.2 Å². The van der Waals surface area contributed by atoms with E-state index in [2.05, 4.69) is 10.6 Å². The molecule has 1 saturated carbocycles. The summed E-state index contributed by atoms with van der Waals surface area (Å²) in [4.78, 5) is 42.6. The number of fused-ring (bicyclic) bond motifs is 1. The van der Waals surface area contributed by atoms with Gasteiger partial charge in [-0.05, 0) is 44.6 Å². The molecule has 3 heterocycles. The zero-order chi connectivity index (χ0) is 24.6. The van der Waals surface area contributed by atoms with E-state index < -0.39 is 29.1 Å². The zero-order valence-corrected chi connectivity index (χ0v) is 20.5. The SMILES string of the molecule is C[C@]12CCC3(O1)C(C(=O)NC1CCCCC1)N(CCCO)C(=O)[C@@H]3[C@H]2C(=O)NCc1ccccc1. The van der Waals surface area contributed by atoms with Crippen molar-refractivity contribution in [1.82, 2.24) is 15.5 Å². The number of nitrogens with zero attached hydrogens (tertiary/aromatic N) is 1. The third-order valence-corrected chi connectivity index (χ3v) is 8.63. The van der Waals surface area contributed by atoms with Crippen LogP contribution in [0.2, 0.25) is 0 Å². The molecule has 3 aliphatic heterocycles. The van der Waals surface area contributed by atoms with Crippen LogP contribution >= 0.6 is 0 Å². The van der Waals surface area contributed by atoms with Crippen LogP contribution < -0.4 is 10.6 Å². The summed E-state index contributed by atoms with van der Waals surface area (Å²) in [7, 11) is 0. The Balaban J connectivity index is 1.41. The van der Waals surface area contributed by atoms with Crippen molar-refractivity contribution in [3.8, 4) is 0 Å². The van der Waals surface area contributed by atoms with Crippen LogP contribution in [0.1, 0.15) is 63.9 Å². The number of amides is 3. The molecule has 8 nitrogen and oxygen atoms in total. The predicted octanol–water partition coefficient (Wildman–Crippen LogP) is 1.90. The molecule has 8 heteroatoms. The number of carbonyl (C=O) groups excluding carboxylic acids is 3. The van der Waals surface area contributed by atoms with E-state index in [0.717, 1.165) is 31.2 Å². The van der Waals surface area contributed by atoms with Gasteiger partial charge in [-0.25, -0.2) is 0 Å². The number of rotatable bonds is 8. The highest BCUT2D eigenvalue weighted by atomic mass is 16.5. The van der Waals surface area contributed by atoms with E-state index in [1.165, 1.54) is 6.42 Å². The minimum Gasteiger partial charge on any atom is -0.396 e. The van der Waals surface area contributed by atoms with Crippen LogP contribution in [0.5, 0.6) is 0 Å². The Labute approximate surface area is 206 Å². The first-order valence-corrected chi connectivity index (χ1v) is 13.1. The maximum Gasteiger partial charge on any atom is 0.246 e. The summed E-state index contributed by atoms with van der Waals surface area (Å²) >= 11 is 0. The minimum atomic E-state index is -1.01. The molecule has 1 aromatic carbocycles. The van der Waals surface area contributed by atoms with Crippen molar-refractivity contribution in [2.75, 3.05) is 13.2 Å². The summed E-state index contributed by atoms with van der Waals surface area (Å²) in [6.45, 7) is 2.49. The number of nitrogens with one attached hydrogen (secondary N) is 2. The highest BCUT2D eigenvalue weighted by Gasteiger charge is 2.77. The number of benzene rings is 1. The van der Waals surface area contributed by atoms with Crippen molar-refractivity contribution in [3.63, 3.8) is 0 Å². The lowest BCUT2D eigenvalue weighted by Crippen LogP contribution is -2.57. The molecule has 2 bridgehead atoms. The van der Waals surface area contributed by atoms with Crippen LogP contribution in [0.25, 0.3) is 0 Å². The Kier molecular flexibility index (Phi) is 6.61. The molecule has 0 aromatic heterocycles. The molecule has 1 aliphatic carbocycles. The lowest BCUT2D eigenvalue weighted by atomic mass is 9.66. The minimum absolute atomic E-state index is 0.0715. The number of likely N-dealkylation sites (tertiary alicyclic amines) is 1. The first-order valence-electron chi connectivity index (χ1n) is 13.1. The molecule has 2 unspecified atom stereocenters. The number of aliphatic hydroxyl groups is 1. The van der Waals surface area contributed by atoms with E-state index in [9.17, 15) is 19.5 Å². The van der Waals surface area contributed by atoms with Gasteiger partial charge in [0.05, 0.1) is 17.4 Å². The van der Waals surface area contributed by atoms with Gasteiger partial charge in [-0.3, -0.25) is 14.4 Å². The second-order valence-electron chi connectivity index (χ2n) is 10.9. The highest BCUT2D eigenvalue weighted by molar-refractivity contribution is 5.99. The molecule has 5 rings (SSSR count). The van der Waals surface area contributed by atoms with Crippen molar-refractivity contribution in [2.45, 2.75) is 88.1 Å². The summed E-state index contributed by atoms with van der Waals surface area (Å²) in [6, 6.07) is 9.01. The average Bonchev–Trinajstić information content (AvgIpc) is 3.43. The lowest BCUT2D eigenvalue weighted by Gasteiger charge is -2.35. The molecule has 0 radical (unpaired) electrons. The van der Waals surface area contributed by atoms with Crippen LogP contribution in [0.4, 0.5) is 0 Å². The fourth-order valence-electron chi connectivity index (χ4n) is 7.03. The smallest absolute Gasteiger partial charge is 0.246 e. The Hall–Kier alpha value is -2.45. The predicted molar refractivity (Wildman–Crippen MR) is 129 cm³/mol. The van der Waals surface area contributed by atoms with Crippen molar-refractivity contribution in [1.29, 1.82) is 0 Å². The molecule has 4 fully saturated rings. The Morgan fingerprint density at radius 2 is 1.86 bits per heavy atom. The van der Waals surface area contributed by atoms with E-state index in [1.807, 2.05) is 37.3 Å². The topological polar surface area (TPSA) is 108 Å². The van der Waals surface area contributed by atoms with Gasteiger partial charge in [0.15, 0.2) is 0 Å². The van der Waals surface area contributed by atoms with Crippen LogP contribution in [0, 0.1) is 11.8 Å². The monoisotopic (exact) mass is 483 g/mol. The molecule has 1 spiro atoms. The maximum atomic E-state index is 13.8. The zero-order valence-electron chi connectivity index (χ0n) is 20.5. The van der Waals surface area contributed by atoms with Gasteiger partial charge < -0.3 is 25.4 Å². The lowest BCUT2D eigenvalue weighted by molar-refractivity contribution is -0.146. The van der Waals surface area contributed by atoms with Gasteiger partial charge in [-0.2, -0.15) is 0 Å². The van der Waals surface area contributed by atoms with E-state index >= 15 is 0 Å². The van der Waals surface area contributed by atoms with E-state index in [0.29, 0.717) is 25.8 Å². The molecule has 4 aliphatic rings. The fraction of sp³-hybridized carbons (Fsp3) is 0.667. The molecule has 3 N–H and O–H groups in total. The van der Waals surface area contributed by atoms with Crippen molar-refractivity contribution in [3.05, 3.63) is 35.9 Å². The Bertz CT molecular complexity index is 965. The van der Waals surface area contributed by atoms with Gasteiger partial charge in [0, 0.05) is 25.7 Å². The number of ether oxygens (including phenoxy) is 1. The van der Waals surface area contributed by atoms with Crippen molar-refractivity contribution in [2.24, 2.45) is 11.8 Å². The summed E-state index contributed by atoms with van der Waals surface area (Å²) in [5.74, 6) is -1.94. The van der Waals surface area contributed by atoms with Gasteiger partial charge >= 0.3 is 0 Å². The third kappa shape index (κ3) is 4.14. The first kappa shape index (κ1) is 24.3. The van der Waals surface area contributed by atoms with Gasteiger partial charge in [0.2, 0.25) is 17.7 Å². The standard InChI is InChI=1S/C27H37N3O5/c1-26-13-14-27(35-26)21(20(26)23(32)28-17-18-9-4-2-5-10-18)25(34)30(15-8-16-31)22(27)24(33)29-19-11-6-3-7-12-19/h2,4-5,9-10,19-22,31H,3,6-8,11-17H2,1H3,(H,28,32)(H,29,33)/t20-,21-,22?,26+,27?/m0/s1. The summed E-state index contributed by atoms with van der Waals surface area (Å²) in [6.07, 6.45) is 6.84. The normalized spacial score (nSPS) is 34.2.